The van der Waals surface area contributed by atoms with Crippen LogP contribution in [0.25, 0.3) is 0 Å². The third-order valence-electron chi connectivity index (χ3n) is 2.64. The number of carboxylic acid groups (broad SMARTS) is 1. The fraction of sp³-hybridized carbons (Fsp3) is 0.500. The van der Waals surface area contributed by atoms with Crippen LogP contribution in [0.1, 0.15) is 16.6 Å². The Balaban J connectivity index is 2.36. The predicted octanol–water partition coefficient (Wildman–Crippen LogP) is 0.856. The quantitative estimate of drug-likeness (QED) is 0.892. The number of carbonyl (C=O) groups is 1. The van der Waals surface area contributed by atoms with Gasteiger partial charge in [0.1, 0.15) is 9.77 Å². The summed E-state index contributed by atoms with van der Waals surface area (Å²) in [6, 6.07) is 1.34. The van der Waals surface area contributed by atoms with E-state index < -0.39 is 16.0 Å². The van der Waals surface area contributed by atoms with Gasteiger partial charge in [-0.05, 0) is 18.4 Å². The molecule has 18 heavy (non-hydrogen) atoms. The van der Waals surface area contributed by atoms with Gasteiger partial charge in [0.05, 0.1) is 12.7 Å². The first-order valence-corrected chi connectivity index (χ1v) is 7.67. The minimum atomic E-state index is -3.74. The van der Waals surface area contributed by atoms with E-state index in [0.29, 0.717) is 6.61 Å². The number of hydrogen-bond acceptors (Lipinski definition) is 5. The van der Waals surface area contributed by atoms with Crippen LogP contribution < -0.4 is 0 Å². The maximum Gasteiger partial charge on any atom is 0.347 e. The van der Waals surface area contributed by atoms with Gasteiger partial charge in [0, 0.05) is 13.1 Å². The van der Waals surface area contributed by atoms with Gasteiger partial charge in [0.15, 0.2) is 0 Å². The highest BCUT2D eigenvalue weighted by Crippen LogP contribution is 2.26. The molecule has 1 saturated heterocycles. The van der Waals surface area contributed by atoms with Gasteiger partial charge in [0.2, 0.25) is 10.0 Å². The Morgan fingerprint density at radius 2 is 2.33 bits per heavy atom. The van der Waals surface area contributed by atoms with Crippen molar-refractivity contribution < 1.29 is 23.1 Å². The summed E-state index contributed by atoms with van der Waals surface area (Å²) in [6.45, 7) is 2.61. The molecule has 8 heteroatoms. The highest BCUT2D eigenvalue weighted by Gasteiger charge is 2.32. The summed E-state index contributed by atoms with van der Waals surface area (Å²) in [7, 11) is -3.74. The van der Waals surface area contributed by atoms with Gasteiger partial charge >= 0.3 is 5.97 Å². The second-order valence-electron chi connectivity index (χ2n) is 3.96. The summed E-state index contributed by atoms with van der Waals surface area (Å²) >= 11 is 0.913. The first kappa shape index (κ1) is 13.5. The molecule has 2 rings (SSSR count). The molecule has 0 spiro atoms. The number of rotatable bonds is 3. The molecule has 100 valence electrons. The summed E-state index contributed by atoms with van der Waals surface area (Å²) in [6.07, 6.45) is -0.180. The van der Waals surface area contributed by atoms with Crippen LogP contribution in [0.4, 0.5) is 0 Å². The standard InChI is InChI=1S/C10H13NO5S2/c1-7-6-11(3-4-16-7)18(14,15)8-2-5-17-9(8)10(12)13/h2,5,7H,3-4,6H2,1H3,(H,12,13)/t7-/m1/s1. The number of morpholine rings is 1. The Morgan fingerprint density at radius 1 is 1.61 bits per heavy atom. The number of thiophene rings is 1. The third kappa shape index (κ3) is 2.41. The van der Waals surface area contributed by atoms with E-state index in [9.17, 15) is 13.2 Å². The van der Waals surface area contributed by atoms with Crippen molar-refractivity contribution >= 4 is 27.3 Å². The normalized spacial score (nSPS) is 21.9. The lowest BCUT2D eigenvalue weighted by Crippen LogP contribution is -2.44. The summed E-state index contributed by atoms with van der Waals surface area (Å²) < 4.78 is 31.2. The molecule has 0 radical (unpaired) electrons. The van der Waals surface area contributed by atoms with Crippen LogP contribution in [0.2, 0.25) is 0 Å². The molecule has 0 saturated carbocycles. The number of hydrogen-bond donors (Lipinski definition) is 1. The summed E-state index contributed by atoms with van der Waals surface area (Å²) in [4.78, 5) is 10.7. The number of sulfonamides is 1. The predicted molar refractivity (Wildman–Crippen MR) is 65.5 cm³/mol. The summed E-state index contributed by atoms with van der Waals surface area (Å²) in [5.74, 6) is -1.22. The highest BCUT2D eigenvalue weighted by molar-refractivity contribution is 7.89. The molecule has 1 aliphatic rings. The van der Waals surface area contributed by atoms with E-state index in [1.165, 1.54) is 15.8 Å². The van der Waals surface area contributed by atoms with Crippen LogP contribution in [-0.4, -0.2) is 49.6 Å². The van der Waals surface area contributed by atoms with Gasteiger partial charge < -0.3 is 9.84 Å². The molecule has 0 aromatic carbocycles. The molecule has 0 amide bonds. The Morgan fingerprint density at radius 3 is 2.94 bits per heavy atom. The monoisotopic (exact) mass is 291 g/mol. The van der Waals surface area contributed by atoms with Crippen molar-refractivity contribution in [2.24, 2.45) is 0 Å². The zero-order chi connectivity index (χ0) is 13.3. The molecule has 1 aromatic rings. The van der Waals surface area contributed by atoms with Gasteiger partial charge in [0.25, 0.3) is 0 Å². The third-order valence-corrected chi connectivity index (χ3v) is 5.58. The van der Waals surface area contributed by atoms with Crippen molar-refractivity contribution in [3.8, 4) is 0 Å². The van der Waals surface area contributed by atoms with Crippen molar-refractivity contribution in [3.05, 3.63) is 16.3 Å². The van der Waals surface area contributed by atoms with Gasteiger partial charge in [-0.1, -0.05) is 0 Å². The average Bonchev–Trinajstić information content (AvgIpc) is 2.78. The molecular weight excluding hydrogens is 278 g/mol. The second-order valence-corrected chi connectivity index (χ2v) is 6.79. The number of carboxylic acids is 1. The molecule has 0 unspecified atom stereocenters. The van der Waals surface area contributed by atoms with Crippen LogP contribution in [0, 0.1) is 0 Å². The molecule has 1 N–H and O–H groups in total. The second kappa shape index (κ2) is 4.96. The van der Waals surface area contributed by atoms with Gasteiger partial charge in [-0.15, -0.1) is 11.3 Å². The first-order valence-electron chi connectivity index (χ1n) is 5.35. The topological polar surface area (TPSA) is 83.9 Å². The van der Waals surface area contributed by atoms with Crippen LogP contribution in [0.5, 0.6) is 0 Å². The number of ether oxygens (including phenoxy) is 1. The Kier molecular flexibility index (Phi) is 3.71. The van der Waals surface area contributed by atoms with Crippen molar-refractivity contribution in [3.63, 3.8) is 0 Å². The van der Waals surface area contributed by atoms with E-state index in [0.717, 1.165) is 11.3 Å². The molecule has 0 bridgehead atoms. The van der Waals surface area contributed by atoms with E-state index in [1.54, 1.807) is 6.92 Å². The van der Waals surface area contributed by atoms with Gasteiger partial charge in [-0.25, -0.2) is 13.2 Å². The lowest BCUT2D eigenvalue weighted by Gasteiger charge is -2.30. The molecule has 2 heterocycles. The molecule has 1 fully saturated rings. The van der Waals surface area contributed by atoms with Crippen LogP contribution in [0.3, 0.4) is 0 Å². The average molecular weight is 291 g/mol. The molecule has 1 aromatic heterocycles. The van der Waals surface area contributed by atoms with E-state index in [1.807, 2.05) is 0 Å². The molecule has 1 aliphatic heterocycles. The van der Waals surface area contributed by atoms with Crippen LogP contribution >= 0.6 is 11.3 Å². The Hall–Kier alpha value is -0.960. The van der Waals surface area contributed by atoms with Crippen LogP contribution in [-0.2, 0) is 14.8 Å². The van der Waals surface area contributed by atoms with Crippen molar-refractivity contribution in [1.82, 2.24) is 4.31 Å². The van der Waals surface area contributed by atoms with E-state index in [4.69, 9.17) is 9.84 Å². The minimum absolute atomic E-state index is 0.130. The SMILES string of the molecule is C[C@@H]1CN(S(=O)(=O)c2ccsc2C(=O)O)CCO1. The zero-order valence-electron chi connectivity index (χ0n) is 9.70. The summed E-state index contributed by atoms with van der Waals surface area (Å²) in [5.41, 5.74) is 0. The molecule has 6 nitrogen and oxygen atoms in total. The van der Waals surface area contributed by atoms with Gasteiger partial charge in [-0.2, -0.15) is 4.31 Å². The fourth-order valence-electron chi connectivity index (χ4n) is 1.80. The maximum absolute atomic E-state index is 12.3. The van der Waals surface area contributed by atoms with Crippen LogP contribution in [0.15, 0.2) is 16.3 Å². The smallest absolute Gasteiger partial charge is 0.347 e. The zero-order valence-corrected chi connectivity index (χ0v) is 11.3. The lowest BCUT2D eigenvalue weighted by atomic mass is 10.3. The Bertz CT molecular complexity index is 550. The van der Waals surface area contributed by atoms with Gasteiger partial charge in [-0.3, -0.25) is 0 Å². The fourth-order valence-corrected chi connectivity index (χ4v) is 4.53. The molecule has 0 aliphatic carbocycles. The number of nitrogens with zero attached hydrogens (tertiary/aromatic N) is 1. The summed E-state index contributed by atoms with van der Waals surface area (Å²) in [5, 5.41) is 10.4. The van der Waals surface area contributed by atoms with E-state index >= 15 is 0 Å². The Labute approximate surface area is 109 Å². The van der Waals surface area contributed by atoms with E-state index in [-0.39, 0.29) is 29.0 Å². The highest BCUT2D eigenvalue weighted by atomic mass is 32.2. The van der Waals surface area contributed by atoms with Crippen molar-refractivity contribution in [2.45, 2.75) is 17.9 Å². The lowest BCUT2D eigenvalue weighted by molar-refractivity contribution is 0.0102. The number of aromatic carboxylic acids is 1. The first-order chi connectivity index (χ1) is 8.43. The molecule has 1 atom stereocenters. The van der Waals surface area contributed by atoms with E-state index in [2.05, 4.69) is 0 Å². The van der Waals surface area contributed by atoms with Crippen molar-refractivity contribution in [1.29, 1.82) is 0 Å². The maximum atomic E-state index is 12.3. The minimum Gasteiger partial charge on any atom is -0.477 e. The largest absolute Gasteiger partial charge is 0.477 e. The van der Waals surface area contributed by atoms with Crippen molar-refractivity contribution in [2.75, 3.05) is 19.7 Å². The molecular formula is C10H13NO5S2.